The summed E-state index contributed by atoms with van der Waals surface area (Å²) in [5.74, 6) is -0.241. The van der Waals surface area contributed by atoms with Crippen molar-refractivity contribution in [3.63, 3.8) is 0 Å². The number of pyridine rings is 1. The van der Waals surface area contributed by atoms with Crippen LogP contribution in [0.4, 0.5) is 18.0 Å². The zero-order chi connectivity index (χ0) is 27.8. The Morgan fingerprint density at radius 1 is 1.36 bits per heavy atom. The molecule has 0 aromatic carbocycles. The lowest BCUT2D eigenvalue weighted by molar-refractivity contribution is -0.143. The van der Waals surface area contributed by atoms with Gasteiger partial charge in [0.2, 0.25) is 5.91 Å². The van der Waals surface area contributed by atoms with Crippen LogP contribution in [0.3, 0.4) is 0 Å². The maximum absolute atomic E-state index is 14.3. The lowest BCUT2D eigenvalue weighted by Gasteiger charge is -2.37. The third-order valence-electron chi connectivity index (χ3n) is 8.59. The van der Waals surface area contributed by atoms with Crippen LogP contribution in [0.15, 0.2) is 24.9 Å². The molecule has 3 fully saturated rings. The number of hydrogen-bond acceptors (Lipinski definition) is 7. The number of ether oxygens (including phenoxy) is 3. The molecule has 39 heavy (non-hydrogen) atoms. The Morgan fingerprint density at radius 3 is 2.92 bits per heavy atom. The number of carbonyl (C=O) groups is 2. The highest BCUT2D eigenvalue weighted by Crippen LogP contribution is 2.51. The molecule has 4 aliphatic rings. The fraction of sp³-hybridized carbons (Fsp3) is 0.667. The van der Waals surface area contributed by atoms with Crippen molar-refractivity contribution in [2.45, 2.75) is 56.6 Å². The summed E-state index contributed by atoms with van der Waals surface area (Å²) in [7, 11) is 1.66. The summed E-state index contributed by atoms with van der Waals surface area (Å²) in [5, 5.41) is 3.69. The Balaban J connectivity index is 1.37. The SMILES string of the molecule is C=CCOC(=O)N1C[C@@H]2C[C@@H](NC3CCOCC3OC)C[C@]2(C(=O)N2CCc3ncc(C(F)(F)F)cc3C2)C1. The largest absolute Gasteiger partial charge is 0.445 e. The van der Waals surface area contributed by atoms with Gasteiger partial charge in [-0.25, -0.2) is 4.79 Å². The van der Waals surface area contributed by atoms with Gasteiger partial charge < -0.3 is 29.3 Å². The van der Waals surface area contributed by atoms with Crippen molar-refractivity contribution >= 4 is 12.0 Å². The standard InChI is InChI=1S/C27H35F3N4O5/c1-3-7-39-25(36)34-14-19-10-20(32-22-5-8-38-15-23(22)37-2)11-26(19,16-34)24(35)33-6-4-21-17(13-33)9-18(12-31-21)27(28,29)30/h3,9,12,19-20,22-23,32H,1,4-8,10-11,13-16H2,2H3/t19-,20+,22?,23?,26-/m0/s1. The van der Waals surface area contributed by atoms with E-state index in [0.29, 0.717) is 56.8 Å². The number of methoxy groups -OCH3 is 1. The quantitative estimate of drug-likeness (QED) is 0.543. The highest BCUT2D eigenvalue weighted by atomic mass is 19.4. The van der Waals surface area contributed by atoms with E-state index >= 15 is 0 Å². The maximum atomic E-state index is 14.3. The fourth-order valence-corrected chi connectivity index (χ4v) is 6.70. The average molecular weight is 553 g/mol. The number of fused-ring (bicyclic) bond motifs is 2. The van der Waals surface area contributed by atoms with Gasteiger partial charge in [-0.15, -0.1) is 0 Å². The van der Waals surface area contributed by atoms with Crippen LogP contribution >= 0.6 is 0 Å². The van der Waals surface area contributed by atoms with Gasteiger partial charge in [-0.05, 0) is 36.8 Å². The number of nitrogens with zero attached hydrogens (tertiary/aromatic N) is 3. The predicted molar refractivity (Wildman–Crippen MR) is 134 cm³/mol. The molecule has 9 nitrogen and oxygen atoms in total. The monoisotopic (exact) mass is 552 g/mol. The van der Waals surface area contributed by atoms with Gasteiger partial charge in [0.15, 0.2) is 0 Å². The summed E-state index contributed by atoms with van der Waals surface area (Å²) in [4.78, 5) is 34.2. The molecule has 2 amide bonds. The van der Waals surface area contributed by atoms with Crippen molar-refractivity contribution in [2.24, 2.45) is 11.3 Å². The zero-order valence-electron chi connectivity index (χ0n) is 22.0. The van der Waals surface area contributed by atoms with Crippen molar-refractivity contribution in [1.82, 2.24) is 20.1 Å². The van der Waals surface area contributed by atoms with E-state index in [4.69, 9.17) is 14.2 Å². The van der Waals surface area contributed by atoms with Gasteiger partial charge in [0.05, 0.1) is 23.7 Å². The molecule has 12 heteroatoms. The maximum Gasteiger partial charge on any atom is 0.417 e. The van der Waals surface area contributed by atoms with Crippen LogP contribution in [0.1, 0.15) is 36.1 Å². The summed E-state index contributed by atoms with van der Waals surface area (Å²) in [6.45, 7) is 5.79. The zero-order valence-corrected chi connectivity index (χ0v) is 22.0. The van der Waals surface area contributed by atoms with E-state index in [1.807, 2.05) is 0 Å². The number of likely N-dealkylation sites (tertiary alicyclic amines) is 1. The van der Waals surface area contributed by atoms with Crippen molar-refractivity contribution in [3.8, 4) is 0 Å². The number of aromatic nitrogens is 1. The first-order valence-electron chi connectivity index (χ1n) is 13.4. The van der Waals surface area contributed by atoms with Gasteiger partial charge in [-0.3, -0.25) is 9.78 Å². The first-order chi connectivity index (χ1) is 18.6. The third kappa shape index (κ3) is 5.51. The van der Waals surface area contributed by atoms with E-state index in [-0.39, 0.29) is 49.7 Å². The smallest absolute Gasteiger partial charge is 0.417 e. The highest BCUT2D eigenvalue weighted by Gasteiger charge is 2.60. The van der Waals surface area contributed by atoms with E-state index in [2.05, 4.69) is 16.9 Å². The van der Waals surface area contributed by atoms with Gasteiger partial charge in [-0.2, -0.15) is 13.2 Å². The number of carbonyl (C=O) groups excluding carboxylic acids is 2. The number of hydrogen-bond donors (Lipinski definition) is 1. The van der Waals surface area contributed by atoms with E-state index in [0.717, 1.165) is 18.7 Å². The van der Waals surface area contributed by atoms with Crippen molar-refractivity contribution in [1.29, 1.82) is 0 Å². The van der Waals surface area contributed by atoms with Crippen molar-refractivity contribution < 1.29 is 37.0 Å². The van der Waals surface area contributed by atoms with Gasteiger partial charge in [0.25, 0.3) is 0 Å². The Bertz CT molecular complexity index is 1100. The second-order valence-corrected chi connectivity index (χ2v) is 11.0. The molecule has 1 N–H and O–H groups in total. The lowest BCUT2D eigenvalue weighted by Crippen LogP contribution is -2.52. The molecule has 5 rings (SSSR count). The number of rotatable bonds is 6. The first kappa shape index (κ1) is 27.9. The summed E-state index contributed by atoms with van der Waals surface area (Å²) >= 11 is 0. The Morgan fingerprint density at radius 2 is 2.18 bits per heavy atom. The molecule has 214 valence electrons. The van der Waals surface area contributed by atoms with Crippen LogP contribution in [-0.4, -0.2) is 91.5 Å². The van der Waals surface area contributed by atoms with E-state index < -0.39 is 23.2 Å². The molecule has 2 unspecified atom stereocenters. The molecule has 3 aliphatic heterocycles. The number of amides is 2. The minimum absolute atomic E-state index is 0.0293. The number of halogens is 3. The molecule has 4 heterocycles. The average Bonchev–Trinajstić information content (AvgIpc) is 3.45. The van der Waals surface area contributed by atoms with Gasteiger partial charge in [-0.1, -0.05) is 12.7 Å². The fourth-order valence-electron chi connectivity index (χ4n) is 6.70. The molecular formula is C27H35F3N4O5. The van der Waals surface area contributed by atoms with Crippen LogP contribution in [0.2, 0.25) is 0 Å². The second-order valence-electron chi connectivity index (χ2n) is 11.0. The lowest BCUT2D eigenvalue weighted by atomic mass is 9.78. The number of alkyl halides is 3. The van der Waals surface area contributed by atoms with Gasteiger partial charge in [0.1, 0.15) is 6.61 Å². The molecule has 2 saturated heterocycles. The minimum Gasteiger partial charge on any atom is -0.445 e. The Hall–Kier alpha value is -2.70. The summed E-state index contributed by atoms with van der Waals surface area (Å²) < 4.78 is 56.4. The molecule has 1 aliphatic carbocycles. The van der Waals surface area contributed by atoms with Crippen LogP contribution < -0.4 is 5.32 Å². The van der Waals surface area contributed by atoms with E-state index in [9.17, 15) is 22.8 Å². The van der Waals surface area contributed by atoms with Crippen LogP contribution in [0, 0.1) is 11.3 Å². The van der Waals surface area contributed by atoms with Crippen LogP contribution in [-0.2, 0) is 38.1 Å². The first-order valence-corrected chi connectivity index (χ1v) is 13.4. The molecular weight excluding hydrogens is 517 g/mol. The number of nitrogens with one attached hydrogen (secondary N) is 1. The Labute approximate surface area is 225 Å². The van der Waals surface area contributed by atoms with Gasteiger partial charge in [0, 0.05) is 70.3 Å². The molecule has 0 bridgehead atoms. The molecule has 0 spiro atoms. The summed E-state index contributed by atoms with van der Waals surface area (Å²) in [6.07, 6.45) is -0.380. The molecule has 1 aromatic rings. The summed E-state index contributed by atoms with van der Waals surface area (Å²) in [5.41, 5.74) is -0.683. The molecule has 1 saturated carbocycles. The topological polar surface area (TPSA) is 93.2 Å². The van der Waals surface area contributed by atoms with Crippen molar-refractivity contribution in [2.75, 3.05) is 46.6 Å². The highest BCUT2D eigenvalue weighted by molar-refractivity contribution is 5.86. The Kier molecular flexibility index (Phi) is 7.89. The van der Waals surface area contributed by atoms with E-state index in [1.54, 1.807) is 16.9 Å². The van der Waals surface area contributed by atoms with Crippen LogP contribution in [0.5, 0.6) is 0 Å². The summed E-state index contributed by atoms with van der Waals surface area (Å²) in [6, 6.07) is 1.21. The molecule has 5 atom stereocenters. The minimum atomic E-state index is -4.51. The predicted octanol–water partition coefficient (Wildman–Crippen LogP) is 2.78. The van der Waals surface area contributed by atoms with Crippen LogP contribution in [0.25, 0.3) is 0 Å². The molecule has 1 aromatic heterocycles. The van der Waals surface area contributed by atoms with Crippen molar-refractivity contribution in [3.05, 3.63) is 41.7 Å². The molecule has 0 radical (unpaired) electrons. The second kappa shape index (κ2) is 11.1. The van der Waals surface area contributed by atoms with E-state index in [1.165, 1.54) is 6.08 Å². The van der Waals surface area contributed by atoms with Gasteiger partial charge >= 0.3 is 12.3 Å². The third-order valence-corrected chi connectivity index (χ3v) is 8.59. The normalized spacial score (nSPS) is 30.6.